The highest BCUT2D eigenvalue weighted by atomic mass is 16.5. The van der Waals surface area contributed by atoms with Crippen molar-refractivity contribution in [3.05, 3.63) is 0 Å². The van der Waals surface area contributed by atoms with Crippen LogP contribution in [0.4, 0.5) is 0 Å². The van der Waals surface area contributed by atoms with Crippen LogP contribution < -0.4 is 0 Å². The molecule has 0 aromatic rings. The molecule has 0 bridgehead atoms. The molecule has 0 fully saturated rings. The lowest BCUT2D eigenvalue weighted by Gasteiger charge is -2.21. The van der Waals surface area contributed by atoms with Crippen LogP contribution in [0.2, 0.25) is 0 Å². The lowest BCUT2D eigenvalue weighted by atomic mass is 9.97. The van der Waals surface area contributed by atoms with Gasteiger partial charge in [-0.25, -0.2) is 0 Å². The highest BCUT2D eigenvalue weighted by molar-refractivity contribution is 5.72. The SMILES string of the molecule is COC(=O)[C@@H](C)C[C@@H](CC(C)C)OC(C)=O. The van der Waals surface area contributed by atoms with E-state index in [9.17, 15) is 9.59 Å². The number of hydrogen-bond donors (Lipinski definition) is 0. The van der Waals surface area contributed by atoms with Crippen LogP contribution in [0.5, 0.6) is 0 Å². The van der Waals surface area contributed by atoms with E-state index < -0.39 is 0 Å². The van der Waals surface area contributed by atoms with Gasteiger partial charge in [-0.05, 0) is 18.8 Å². The summed E-state index contributed by atoms with van der Waals surface area (Å²) >= 11 is 0. The van der Waals surface area contributed by atoms with Crippen molar-refractivity contribution in [3.8, 4) is 0 Å². The molecule has 4 heteroatoms. The van der Waals surface area contributed by atoms with Crippen molar-refractivity contribution in [2.24, 2.45) is 11.8 Å². The summed E-state index contributed by atoms with van der Waals surface area (Å²) in [4.78, 5) is 22.2. The molecular formula is C12H22O4. The molecule has 0 spiro atoms. The second kappa shape index (κ2) is 7.25. The molecule has 0 rings (SSSR count). The van der Waals surface area contributed by atoms with Gasteiger partial charge in [0.2, 0.25) is 0 Å². The largest absolute Gasteiger partial charge is 0.469 e. The summed E-state index contributed by atoms with van der Waals surface area (Å²) in [6.45, 7) is 7.28. The third-order valence-electron chi connectivity index (χ3n) is 2.29. The molecule has 0 aromatic heterocycles. The van der Waals surface area contributed by atoms with Crippen LogP contribution >= 0.6 is 0 Å². The van der Waals surface area contributed by atoms with Crippen molar-refractivity contribution in [2.75, 3.05) is 7.11 Å². The summed E-state index contributed by atoms with van der Waals surface area (Å²) in [6, 6.07) is 0. The number of ether oxygens (including phenoxy) is 2. The Bertz CT molecular complexity index is 235. The fourth-order valence-corrected chi connectivity index (χ4v) is 1.64. The van der Waals surface area contributed by atoms with Crippen molar-refractivity contribution in [3.63, 3.8) is 0 Å². The molecule has 2 atom stereocenters. The molecule has 0 heterocycles. The van der Waals surface area contributed by atoms with Crippen LogP contribution in [0.25, 0.3) is 0 Å². The van der Waals surface area contributed by atoms with Gasteiger partial charge in [0, 0.05) is 6.92 Å². The Kier molecular flexibility index (Phi) is 6.77. The molecule has 0 saturated heterocycles. The molecule has 4 nitrogen and oxygen atoms in total. The van der Waals surface area contributed by atoms with Crippen LogP contribution in [0, 0.1) is 11.8 Å². The zero-order chi connectivity index (χ0) is 12.7. The van der Waals surface area contributed by atoms with E-state index >= 15 is 0 Å². The van der Waals surface area contributed by atoms with E-state index in [1.54, 1.807) is 6.92 Å². The molecule has 0 aliphatic heterocycles. The number of esters is 2. The molecule has 0 saturated carbocycles. The topological polar surface area (TPSA) is 52.6 Å². The average molecular weight is 230 g/mol. The highest BCUT2D eigenvalue weighted by Gasteiger charge is 2.22. The van der Waals surface area contributed by atoms with Crippen LogP contribution in [-0.2, 0) is 19.1 Å². The lowest BCUT2D eigenvalue weighted by Crippen LogP contribution is -2.25. The lowest BCUT2D eigenvalue weighted by molar-refractivity contribution is -0.153. The van der Waals surface area contributed by atoms with Gasteiger partial charge in [0.25, 0.3) is 0 Å². The predicted molar refractivity (Wildman–Crippen MR) is 60.8 cm³/mol. The monoisotopic (exact) mass is 230 g/mol. The van der Waals surface area contributed by atoms with Gasteiger partial charge in [-0.3, -0.25) is 9.59 Å². The number of carbonyl (C=O) groups is 2. The minimum Gasteiger partial charge on any atom is -0.469 e. The molecule has 16 heavy (non-hydrogen) atoms. The first-order valence-corrected chi connectivity index (χ1v) is 5.61. The predicted octanol–water partition coefficient (Wildman–Crippen LogP) is 2.16. The highest BCUT2D eigenvalue weighted by Crippen LogP contribution is 2.17. The van der Waals surface area contributed by atoms with Gasteiger partial charge in [-0.1, -0.05) is 20.8 Å². The maximum Gasteiger partial charge on any atom is 0.308 e. The molecule has 0 aromatic carbocycles. The molecule has 94 valence electrons. The minimum absolute atomic E-state index is 0.202. The Hall–Kier alpha value is -1.06. The Morgan fingerprint density at radius 3 is 2.06 bits per heavy atom. The van der Waals surface area contributed by atoms with Gasteiger partial charge < -0.3 is 9.47 Å². The summed E-state index contributed by atoms with van der Waals surface area (Å²) in [7, 11) is 1.36. The van der Waals surface area contributed by atoms with Crippen molar-refractivity contribution < 1.29 is 19.1 Å². The quantitative estimate of drug-likeness (QED) is 0.656. The van der Waals surface area contributed by atoms with Crippen molar-refractivity contribution in [1.29, 1.82) is 0 Å². The van der Waals surface area contributed by atoms with Crippen LogP contribution in [-0.4, -0.2) is 25.2 Å². The van der Waals surface area contributed by atoms with E-state index in [4.69, 9.17) is 4.74 Å². The smallest absolute Gasteiger partial charge is 0.308 e. The van der Waals surface area contributed by atoms with Gasteiger partial charge in [0.05, 0.1) is 13.0 Å². The molecule has 0 amide bonds. The maximum atomic E-state index is 11.3. The molecule has 0 N–H and O–H groups in total. The normalized spacial score (nSPS) is 14.4. The fourth-order valence-electron chi connectivity index (χ4n) is 1.64. The van der Waals surface area contributed by atoms with E-state index in [1.807, 2.05) is 0 Å². The summed E-state index contributed by atoms with van der Waals surface area (Å²) in [5, 5.41) is 0. The Balaban J connectivity index is 4.29. The van der Waals surface area contributed by atoms with Crippen LogP contribution in [0.15, 0.2) is 0 Å². The van der Waals surface area contributed by atoms with Crippen molar-refractivity contribution >= 4 is 11.9 Å². The van der Waals surface area contributed by atoms with Gasteiger partial charge in [0.1, 0.15) is 6.10 Å². The molecular weight excluding hydrogens is 208 g/mol. The Morgan fingerprint density at radius 1 is 1.12 bits per heavy atom. The molecule has 0 radical (unpaired) electrons. The third kappa shape index (κ3) is 6.43. The molecule has 0 aliphatic carbocycles. The van der Waals surface area contributed by atoms with Gasteiger partial charge in [-0.15, -0.1) is 0 Å². The average Bonchev–Trinajstić information content (AvgIpc) is 2.14. The summed E-state index contributed by atoms with van der Waals surface area (Å²) < 4.78 is 9.82. The first-order valence-electron chi connectivity index (χ1n) is 5.61. The van der Waals surface area contributed by atoms with E-state index in [0.29, 0.717) is 12.3 Å². The van der Waals surface area contributed by atoms with E-state index in [2.05, 4.69) is 18.6 Å². The molecule has 0 aliphatic rings. The second-order valence-electron chi connectivity index (χ2n) is 4.52. The van der Waals surface area contributed by atoms with Crippen molar-refractivity contribution in [2.45, 2.75) is 46.6 Å². The summed E-state index contributed by atoms with van der Waals surface area (Å²) in [6.07, 6.45) is 1.08. The number of rotatable bonds is 6. The van der Waals surface area contributed by atoms with E-state index in [1.165, 1.54) is 14.0 Å². The first-order chi connectivity index (χ1) is 7.36. The van der Waals surface area contributed by atoms with E-state index in [0.717, 1.165) is 6.42 Å². The maximum absolute atomic E-state index is 11.3. The standard InChI is InChI=1S/C12H22O4/c1-8(2)6-11(16-10(4)13)7-9(3)12(14)15-5/h8-9,11H,6-7H2,1-5H3/t9-,11+/m0/s1. The van der Waals surface area contributed by atoms with Crippen LogP contribution in [0.1, 0.15) is 40.5 Å². The number of hydrogen-bond acceptors (Lipinski definition) is 4. The van der Waals surface area contributed by atoms with Gasteiger partial charge in [-0.2, -0.15) is 0 Å². The van der Waals surface area contributed by atoms with Gasteiger partial charge in [0.15, 0.2) is 0 Å². The summed E-state index contributed by atoms with van der Waals surface area (Å²) in [5.74, 6) is -0.383. The first kappa shape index (κ1) is 14.9. The van der Waals surface area contributed by atoms with Crippen molar-refractivity contribution in [1.82, 2.24) is 0 Å². The van der Waals surface area contributed by atoms with E-state index in [-0.39, 0.29) is 24.0 Å². The Morgan fingerprint density at radius 2 is 1.69 bits per heavy atom. The second-order valence-corrected chi connectivity index (χ2v) is 4.52. The van der Waals surface area contributed by atoms with Crippen LogP contribution in [0.3, 0.4) is 0 Å². The number of methoxy groups -OCH3 is 1. The zero-order valence-corrected chi connectivity index (χ0v) is 10.8. The zero-order valence-electron chi connectivity index (χ0n) is 10.8. The fraction of sp³-hybridized carbons (Fsp3) is 0.833. The number of carbonyl (C=O) groups excluding carboxylic acids is 2. The minimum atomic E-state index is -0.303. The van der Waals surface area contributed by atoms with Gasteiger partial charge >= 0.3 is 11.9 Å². The Labute approximate surface area is 97.3 Å². The third-order valence-corrected chi connectivity index (χ3v) is 2.29. The molecule has 0 unspecified atom stereocenters. The summed E-state index contributed by atoms with van der Waals surface area (Å²) in [5.41, 5.74) is 0.